The van der Waals surface area contributed by atoms with Gasteiger partial charge in [0.1, 0.15) is 23.4 Å². The zero-order valence-corrected chi connectivity index (χ0v) is 23.1. The molecule has 4 heterocycles. The van der Waals surface area contributed by atoms with Gasteiger partial charge in [0.05, 0.1) is 22.2 Å². The number of benzene rings is 1. The second kappa shape index (κ2) is 9.20. The summed E-state index contributed by atoms with van der Waals surface area (Å²) in [5.74, 6) is 0.0569. The van der Waals surface area contributed by atoms with Crippen LogP contribution in [0.1, 0.15) is 45.6 Å². The summed E-state index contributed by atoms with van der Waals surface area (Å²) in [5.41, 5.74) is 7.98. The number of nitrogens with zero attached hydrogens (tertiary/aromatic N) is 3. The zero-order valence-electron chi connectivity index (χ0n) is 21.5. The molecule has 3 aliphatic heterocycles. The summed E-state index contributed by atoms with van der Waals surface area (Å²) in [6, 6.07) is 2.14. The highest BCUT2D eigenvalue weighted by Gasteiger charge is 2.55. The number of hydrogen-bond donors (Lipinski definition) is 2. The van der Waals surface area contributed by atoms with E-state index in [1.807, 2.05) is 33.8 Å². The lowest BCUT2D eigenvalue weighted by Crippen LogP contribution is -2.50. The van der Waals surface area contributed by atoms with Crippen LogP contribution in [0.2, 0.25) is 0 Å². The Labute approximate surface area is 219 Å². The number of nitrogen functional groups attached to an aromatic ring is 1. The number of nitrogens with one attached hydrogen (secondary N) is 1. The predicted octanol–water partition coefficient (Wildman–Crippen LogP) is 4.92. The van der Waals surface area contributed by atoms with Gasteiger partial charge < -0.3 is 30.3 Å². The van der Waals surface area contributed by atoms with Crippen molar-refractivity contribution in [2.24, 2.45) is 5.92 Å². The third-order valence-electron chi connectivity index (χ3n) is 7.67. The molecule has 8 nitrogen and oxygen atoms in total. The molecule has 4 aliphatic rings. The summed E-state index contributed by atoms with van der Waals surface area (Å²) in [6.45, 7) is 9.52. The number of hydrogen-bond acceptors (Lipinski definition) is 7. The SMILES string of the molecule is Cc1cc2c(NC3C4CC3N(C(=O)OC(C)(C)C)C4)c(N)c(OCC3CCCN3C)nc2c(F)c1Br. The molecule has 6 rings (SSSR count). The second-order valence-corrected chi connectivity index (χ2v) is 12.2. The minimum absolute atomic E-state index is 0.00810. The van der Waals surface area contributed by atoms with Crippen LogP contribution in [0, 0.1) is 18.7 Å². The molecule has 0 radical (unpaired) electrons. The van der Waals surface area contributed by atoms with Gasteiger partial charge in [-0.25, -0.2) is 14.2 Å². The van der Waals surface area contributed by atoms with Crippen LogP contribution < -0.4 is 15.8 Å². The molecule has 196 valence electrons. The van der Waals surface area contributed by atoms with Crippen molar-refractivity contribution in [3.05, 3.63) is 21.9 Å². The van der Waals surface area contributed by atoms with Crippen molar-refractivity contribution in [1.29, 1.82) is 0 Å². The van der Waals surface area contributed by atoms with Gasteiger partial charge in [0.25, 0.3) is 0 Å². The summed E-state index contributed by atoms with van der Waals surface area (Å²) in [4.78, 5) is 21.3. The maximum atomic E-state index is 15.4. The first kappa shape index (κ1) is 25.3. The van der Waals surface area contributed by atoms with Gasteiger partial charge in [-0.2, -0.15) is 0 Å². The number of likely N-dealkylation sites (N-methyl/N-ethyl adjacent to an activating group) is 1. The topological polar surface area (TPSA) is 93.0 Å². The predicted molar refractivity (Wildman–Crippen MR) is 142 cm³/mol. The summed E-state index contributed by atoms with van der Waals surface area (Å²) in [6.07, 6.45) is 2.76. The number of carbonyl (C=O) groups excluding carboxylic acids is 1. The number of pyridine rings is 1. The Bertz CT molecular complexity index is 1200. The van der Waals surface area contributed by atoms with Gasteiger partial charge in [0, 0.05) is 23.9 Å². The van der Waals surface area contributed by atoms with Gasteiger partial charge in [0.2, 0.25) is 5.88 Å². The summed E-state index contributed by atoms with van der Waals surface area (Å²) >= 11 is 3.35. The summed E-state index contributed by atoms with van der Waals surface area (Å²) in [5, 5.41) is 4.17. The standard InChI is InChI=1S/C26H35BrFN5O3/c1-13-9-16-22(19(28)18(13)27)31-24(35-12-15-7-6-8-32(15)5)20(29)23(16)30-21-14-10-17(21)33(11-14)25(34)36-26(2,3)4/h9,14-15,17,21H,6-8,10-12,29H2,1-5H3,(H,30,31). The van der Waals surface area contributed by atoms with Crippen molar-refractivity contribution in [1.82, 2.24) is 14.8 Å². The number of anilines is 2. The number of fused-ring (bicyclic) bond motifs is 2. The number of amides is 1. The number of nitrogens with two attached hydrogens (primary N) is 1. The Balaban J connectivity index is 1.46. The molecular formula is C26H35BrFN5O3. The number of likely N-dealkylation sites (tertiary alicyclic amines) is 1. The van der Waals surface area contributed by atoms with Crippen molar-refractivity contribution in [2.45, 2.75) is 70.7 Å². The fourth-order valence-electron chi connectivity index (χ4n) is 5.62. The van der Waals surface area contributed by atoms with Gasteiger partial charge in [0.15, 0.2) is 5.82 Å². The van der Waals surface area contributed by atoms with E-state index in [9.17, 15) is 4.79 Å². The molecule has 0 spiro atoms. The number of ether oxygens (including phenoxy) is 2. The first-order valence-electron chi connectivity index (χ1n) is 12.6. The molecule has 10 heteroatoms. The van der Waals surface area contributed by atoms with E-state index < -0.39 is 11.4 Å². The average molecular weight is 565 g/mol. The van der Waals surface area contributed by atoms with Gasteiger partial charge in [-0.1, -0.05) is 0 Å². The smallest absolute Gasteiger partial charge is 0.410 e. The first-order valence-corrected chi connectivity index (χ1v) is 13.4. The van der Waals surface area contributed by atoms with Gasteiger partial charge in [-0.15, -0.1) is 0 Å². The van der Waals surface area contributed by atoms with Crippen LogP contribution in [-0.4, -0.2) is 71.3 Å². The van der Waals surface area contributed by atoms with E-state index in [2.05, 4.69) is 38.2 Å². The first-order chi connectivity index (χ1) is 16.9. The Morgan fingerprint density at radius 2 is 2.14 bits per heavy atom. The van der Waals surface area contributed by atoms with Crippen LogP contribution in [0.5, 0.6) is 5.88 Å². The third-order valence-corrected chi connectivity index (χ3v) is 8.64. The summed E-state index contributed by atoms with van der Waals surface area (Å²) < 4.78 is 27.4. The molecule has 1 aliphatic carbocycles. The molecule has 4 fully saturated rings. The molecule has 1 saturated carbocycles. The Morgan fingerprint density at radius 3 is 2.81 bits per heavy atom. The summed E-state index contributed by atoms with van der Waals surface area (Å²) in [7, 11) is 2.08. The van der Waals surface area contributed by atoms with E-state index in [4.69, 9.17) is 15.2 Å². The number of carbonyl (C=O) groups is 1. The van der Waals surface area contributed by atoms with Gasteiger partial charge in [-0.05, 0) is 88.1 Å². The highest BCUT2D eigenvalue weighted by atomic mass is 79.9. The van der Waals surface area contributed by atoms with E-state index in [0.29, 0.717) is 34.4 Å². The van der Waals surface area contributed by atoms with Crippen molar-refractivity contribution >= 4 is 44.3 Å². The van der Waals surface area contributed by atoms with Crippen LogP contribution in [-0.2, 0) is 4.74 Å². The lowest BCUT2D eigenvalue weighted by molar-refractivity contribution is 0.0239. The number of halogens is 2. The molecule has 3 N–H and O–H groups in total. The lowest BCUT2D eigenvalue weighted by atomic mass is 9.79. The average Bonchev–Trinajstić information content (AvgIpc) is 3.50. The second-order valence-electron chi connectivity index (χ2n) is 11.4. The van der Waals surface area contributed by atoms with Crippen LogP contribution in [0.15, 0.2) is 10.5 Å². The van der Waals surface area contributed by atoms with Crippen LogP contribution >= 0.6 is 15.9 Å². The third kappa shape index (κ3) is 4.47. The molecule has 1 amide bonds. The number of aryl methyl sites for hydroxylation is 1. The van der Waals surface area contributed by atoms with E-state index in [-0.39, 0.29) is 41.5 Å². The zero-order chi connectivity index (χ0) is 25.9. The van der Waals surface area contributed by atoms with Crippen molar-refractivity contribution in [3.63, 3.8) is 0 Å². The van der Waals surface area contributed by atoms with E-state index in [0.717, 1.165) is 31.4 Å². The van der Waals surface area contributed by atoms with E-state index >= 15 is 4.39 Å². The van der Waals surface area contributed by atoms with Crippen molar-refractivity contribution < 1.29 is 18.7 Å². The van der Waals surface area contributed by atoms with Crippen molar-refractivity contribution in [3.8, 4) is 5.88 Å². The van der Waals surface area contributed by atoms with Crippen LogP contribution in [0.25, 0.3) is 10.9 Å². The number of aromatic nitrogens is 1. The highest BCUT2D eigenvalue weighted by Crippen LogP contribution is 2.46. The largest absolute Gasteiger partial charge is 0.474 e. The molecule has 2 aromatic rings. The maximum absolute atomic E-state index is 15.4. The lowest BCUT2D eigenvalue weighted by Gasteiger charge is -2.38. The van der Waals surface area contributed by atoms with Gasteiger partial charge >= 0.3 is 6.09 Å². The normalized spacial score (nSPS) is 25.8. The van der Waals surface area contributed by atoms with E-state index in [1.54, 1.807) is 4.90 Å². The van der Waals surface area contributed by atoms with Crippen molar-refractivity contribution in [2.75, 3.05) is 37.8 Å². The Morgan fingerprint density at radius 1 is 1.39 bits per heavy atom. The van der Waals surface area contributed by atoms with Crippen LogP contribution in [0.4, 0.5) is 20.6 Å². The molecule has 1 aromatic heterocycles. The van der Waals surface area contributed by atoms with E-state index in [1.165, 1.54) is 0 Å². The minimum atomic E-state index is -0.555. The molecule has 2 bridgehead atoms. The Kier molecular flexibility index (Phi) is 6.47. The minimum Gasteiger partial charge on any atom is -0.474 e. The monoisotopic (exact) mass is 563 g/mol. The maximum Gasteiger partial charge on any atom is 0.410 e. The number of rotatable bonds is 5. The molecule has 1 aromatic carbocycles. The molecule has 36 heavy (non-hydrogen) atoms. The fourth-order valence-corrected chi connectivity index (χ4v) is 5.92. The highest BCUT2D eigenvalue weighted by molar-refractivity contribution is 9.10. The van der Waals surface area contributed by atoms with Crippen LogP contribution in [0.3, 0.4) is 0 Å². The molecule has 3 saturated heterocycles. The molecule has 4 atom stereocenters. The fraction of sp³-hybridized carbons (Fsp3) is 0.615. The van der Waals surface area contributed by atoms with Gasteiger partial charge in [-0.3, -0.25) is 0 Å². The quantitative estimate of drug-likeness (QED) is 0.533. The molecular weight excluding hydrogens is 529 g/mol. The Hall–Kier alpha value is -2.33. The molecule has 4 unspecified atom stereocenters.